The number of aliphatic imine (C=N–C) groups is 1. The molecule has 9 nitrogen and oxygen atoms in total. The Morgan fingerprint density at radius 1 is 1.40 bits per heavy atom. The van der Waals surface area contributed by atoms with Gasteiger partial charge in [0.15, 0.2) is 0 Å². The largest absolute Gasteiger partial charge is 0.477 e. The molecule has 1 aliphatic carbocycles. The molecule has 0 bridgehead atoms. The predicted octanol–water partition coefficient (Wildman–Crippen LogP) is 4.10. The normalized spacial score (nSPS) is 14.3. The molecular formula is C23H25F3N6O3. The van der Waals surface area contributed by atoms with Gasteiger partial charge >= 0.3 is 11.8 Å². The highest BCUT2D eigenvalue weighted by atomic mass is 19.3. The molecular weight excluding hydrogens is 465 g/mol. The molecule has 35 heavy (non-hydrogen) atoms. The summed E-state index contributed by atoms with van der Waals surface area (Å²) >= 11 is 0. The van der Waals surface area contributed by atoms with Gasteiger partial charge in [-0.3, -0.25) is 20.4 Å². The number of anilines is 1. The molecule has 1 saturated carbocycles. The van der Waals surface area contributed by atoms with E-state index in [1.165, 1.54) is 31.5 Å². The Labute approximate surface area is 200 Å². The van der Waals surface area contributed by atoms with E-state index >= 15 is 0 Å². The number of allylic oxidation sites excluding steroid dienone is 2. The first-order valence-corrected chi connectivity index (χ1v) is 10.7. The van der Waals surface area contributed by atoms with Crippen LogP contribution in [0.5, 0.6) is 5.88 Å². The third kappa shape index (κ3) is 6.64. The lowest BCUT2D eigenvalue weighted by Crippen LogP contribution is -2.42. The van der Waals surface area contributed by atoms with Crippen molar-refractivity contribution in [3.05, 3.63) is 61.0 Å². The summed E-state index contributed by atoms with van der Waals surface area (Å²) in [7, 11) is 0. The summed E-state index contributed by atoms with van der Waals surface area (Å²) in [5, 5.41) is 12.4. The van der Waals surface area contributed by atoms with Crippen LogP contribution in [0.25, 0.3) is 11.3 Å². The highest BCUT2D eigenvalue weighted by Crippen LogP contribution is 2.27. The standard InChI is InChI=1S/C23H25F3N6O3/c1-4-6-20(28-14(3)31-32(34)16-8-9-16)23(25,26)22(33)30-18-10-7-15(11-17(18)24)19-12-27-13-21(29-19)35-5-2/h4,6-7,10-13,16,31,34H,3,5,8-9H2,1-2H3,(H,30,33)/b6-4-,28-20+. The number of hydrazine groups is 1. The number of aromatic nitrogens is 2. The smallest absolute Gasteiger partial charge is 0.366 e. The highest BCUT2D eigenvalue weighted by molar-refractivity contribution is 6.19. The number of nitrogens with one attached hydrogen (secondary N) is 2. The molecule has 1 fully saturated rings. The zero-order chi connectivity index (χ0) is 25.6. The lowest BCUT2D eigenvalue weighted by atomic mass is 10.1. The zero-order valence-electron chi connectivity index (χ0n) is 19.1. The average Bonchev–Trinajstić information content (AvgIpc) is 3.66. The molecule has 3 rings (SSSR count). The van der Waals surface area contributed by atoms with Crippen molar-refractivity contribution in [1.29, 1.82) is 0 Å². The second kappa shape index (κ2) is 11.1. The molecule has 2 aromatic rings. The number of carbonyl (C=O) groups excluding carboxylic acids is 1. The summed E-state index contributed by atoms with van der Waals surface area (Å²) < 4.78 is 49.8. The molecule has 1 aromatic carbocycles. The number of rotatable bonds is 11. The summed E-state index contributed by atoms with van der Waals surface area (Å²) in [5.41, 5.74) is 1.57. The fourth-order valence-electron chi connectivity index (χ4n) is 2.88. The number of hydrogen-bond acceptors (Lipinski definition) is 8. The maximum atomic E-state index is 14.9. The number of carbonyl (C=O) groups is 1. The zero-order valence-corrected chi connectivity index (χ0v) is 19.1. The summed E-state index contributed by atoms with van der Waals surface area (Å²) in [6.07, 6.45) is 6.44. The highest BCUT2D eigenvalue weighted by Gasteiger charge is 2.44. The molecule has 3 N–H and O–H groups in total. The molecule has 0 spiro atoms. The van der Waals surface area contributed by atoms with Crippen LogP contribution >= 0.6 is 0 Å². The Balaban J connectivity index is 1.76. The minimum atomic E-state index is -4.14. The van der Waals surface area contributed by atoms with Gasteiger partial charge in [0.2, 0.25) is 5.88 Å². The topological polar surface area (TPSA) is 112 Å². The van der Waals surface area contributed by atoms with Gasteiger partial charge in [0, 0.05) is 5.56 Å². The number of halogens is 3. The third-order valence-electron chi connectivity index (χ3n) is 4.74. The van der Waals surface area contributed by atoms with Crippen molar-refractivity contribution in [3.63, 3.8) is 0 Å². The van der Waals surface area contributed by atoms with E-state index in [-0.39, 0.29) is 17.7 Å². The number of nitrogens with zero attached hydrogens (tertiary/aromatic N) is 4. The molecule has 1 heterocycles. The van der Waals surface area contributed by atoms with Gasteiger partial charge in [0.25, 0.3) is 0 Å². The van der Waals surface area contributed by atoms with E-state index in [0.717, 1.165) is 36.2 Å². The summed E-state index contributed by atoms with van der Waals surface area (Å²) in [6, 6.07) is 3.42. The molecule has 1 amide bonds. The van der Waals surface area contributed by atoms with Crippen LogP contribution in [0.2, 0.25) is 0 Å². The lowest BCUT2D eigenvalue weighted by molar-refractivity contribution is -0.136. The number of ether oxygens (including phenoxy) is 1. The Morgan fingerprint density at radius 2 is 2.14 bits per heavy atom. The van der Waals surface area contributed by atoms with Crippen LogP contribution in [0.3, 0.4) is 0 Å². The van der Waals surface area contributed by atoms with E-state index < -0.39 is 29.0 Å². The minimum Gasteiger partial charge on any atom is -0.477 e. The average molecular weight is 490 g/mol. The maximum absolute atomic E-state index is 14.9. The number of hydroxylamine groups is 1. The lowest BCUT2D eigenvalue weighted by Gasteiger charge is -2.19. The van der Waals surface area contributed by atoms with Crippen LogP contribution in [0.15, 0.2) is 60.1 Å². The van der Waals surface area contributed by atoms with Crippen LogP contribution < -0.4 is 15.5 Å². The minimum absolute atomic E-state index is 0.158. The van der Waals surface area contributed by atoms with E-state index in [9.17, 15) is 23.2 Å². The first-order chi connectivity index (χ1) is 16.6. The SMILES string of the molecule is C=C(/N=C(\C=C/C)C(F)(F)C(=O)Nc1ccc(-c2cncc(OCC)n2)cc1F)NN(O)C1CC1. The Bertz CT molecular complexity index is 1150. The van der Waals surface area contributed by atoms with Gasteiger partial charge in [-0.15, -0.1) is 5.17 Å². The summed E-state index contributed by atoms with van der Waals surface area (Å²) in [5.74, 6) is -6.94. The van der Waals surface area contributed by atoms with E-state index in [1.54, 1.807) is 6.92 Å². The van der Waals surface area contributed by atoms with Crippen molar-refractivity contribution < 1.29 is 27.9 Å². The fraction of sp³-hybridized carbons (Fsp3) is 0.304. The van der Waals surface area contributed by atoms with E-state index in [2.05, 4.69) is 27.0 Å². The van der Waals surface area contributed by atoms with Gasteiger partial charge in [0.1, 0.15) is 17.3 Å². The molecule has 0 unspecified atom stereocenters. The number of hydrogen-bond donors (Lipinski definition) is 3. The van der Waals surface area contributed by atoms with Crippen LogP contribution in [-0.4, -0.2) is 50.5 Å². The molecule has 1 aromatic heterocycles. The van der Waals surface area contributed by atoms with Crippen molar-refractivity contribution in [3.8, 4) is 17.1 Å². The molecule has 186 valence electrons. The molecule has 0 aliphatic heterocycles. The quantitative estimate of drug-likeness (QED) is 0.321. The van der Waals surface area contributed by atoms with Crippen LogP contribution in [-0.2, 0) is 4.79 Å². The van der Waals surface area contributed by atoms with Crippen molar-refractivity contribution in [2.75, 3.05) is 11.9 Å². The fourth-order valence-corrected chi connectivity index (χ4v) is 2.88. The van der Waals surface area contributed by atoms with Crippen LogP contribution in [0.4, 0.5) is 18.9 Å². The maximum Gasteiger partial charge on any atom is 0.366 e. The van der Waals surface area contributed by atoms with Gasteiger partial charge in [-0.05, 0) is 44.9 Å². The number of amides is 1. The summed E-state index contributed by atoms with van der Waals surface area (Å²) in [6.45, 7) is 7.08. The second-order valence-corrected chi connectivity index (χ2v) is 7.53. The van der Waals surface area contributed by atoms with Crippen molar-refractivity contribution in [2.45, 2.75) is 38.7 Å². The Morgan fingerprint density at radius 3 is 2.77 bits per heavy atom. The molecule has 0 saturated heterocycles. The number of benzene rings is 1. The van der Waals surface area contributed by atoms with Crippen LogP contribution in [0, 0.1) is 5.82 Å². The van der Waals surface area contributed by atoms with E-state index in [4.69, 9.17) is 4.74 Å². The van der Waals surface area contributed by atoms with E-state index in [1.807, 2.05) is 5.32 Å². The van der Waals surface area contributed by atoms with E-state index in [0.29, 0.717) is 17.9 Å². The van der Waals surface area contributed by atoms with Crippen LogP contribution in [0.1, 0.15) is 26.7 Å². The van der Waals surface area contributed by atoms with Crippen molar-refractivity contribution in [1.82, 2.24) is 20.6 Å². The van der Waals surface area contributed by atoms with Crippen molar-refractivity contribution >= 4 is 17.3 Å². The van der Waals surface area contributed by atoms with Gasteiger partial charge in [-0.1, -0.05) is 18.7 Å². The number of alkyl halides is 2. The van der Waals surface area contributed by atoms with Gasteiger partial charge in [-0.25, -0.2) is 14.4 Å². The van der Waals surface area contributed by atoms with Gasteiger partial charge in [-0.2, -0.15) is 8.78 Å². The molecule has 12 heteroatoms. The van der Waals surface area contributed by atoms with Gasteiger partial charge < -0.3 is 10.1 Å². The Hall–Kier alpha value is -3.77. The second-order valence-electron chi connectivity index (χ2n) is 7.53. The monoisotopic (exact) mass is 490 g/mol. The van der Waals surface area contributed by atoms with Gasteiger partial charge in [0.05, 0.1) is 36.4 Å². The molecule has 1 aliphatic rings. The first-order valence-electron chi connectivity index (χ1n) is 10.7. The summed E-state index contributed by atoms with van der Waals surface area (Å²) in [4.78, 5) is 24.2. The van der Waals surface area contributed by atoms with Crippen molar-refractivity contribution in [2.24, 2.45) is 4.99 Å². The molecule has 0 radical (unpaired) electrons. The third-order valence-corrected chi connectivity index (χ3v) is 4.74. The first kappa shape index (κ1) is 25.8. The Kier molecular flexibility index (Phi) is 8.20. The molecule has 0 atom stereocenters. The predicted molar refractivity (Wildman–Crippen MR) is 123 cm³/mol.